The zero-order valence-electron chi connectivity index (χ0n) is 12.1. The predicted molar refractivity (Wildman–Crippen MR) is 73.0 cm³/mol. The van der Waals surface area contributed by atoms with E-state index >= 15 is 0 Å². The molecule has 2 atom stereocenters. The Morgan fingerprint density at radius 3 is 2.48 bits per heavy atom. The van der Waals surface area contributed by atoms with Gasteiger partial charge in [-0.25, -0.2) is 13.4 Å². The van der Waals surface area contributed by atoms with Gasteiger partial charge in [0, 0.05) is 18.8 Å². The number of hydrogen-bond donors (Lipinski definition) is 1. The molecule has 1 saturated heterocycles. The third-order valence-electron chi connectivity index (χ3n) is 3.81. The van der Waals surface area contributed by atoms with E-state index in [1.165, 1.54) is 0 Å². The van der Waals surface area contributed by atoms with E-state index in [1.54, 1.807) is 6.92 Å². The lowest BCUT2D eigenvalue weighted by atomic mass is 9.96. The molecule has 0 saturated carbocycles. The molecule has 10 heteroatoms. The molecule has 1 aliphatic rings. The average Bonchev–Trinajstić information content (AvgIpc) is 2.46. The highest BCUT2D eigenvalue weighted by Crippen LogP contribution is 2.31. The lowest BCUT2D eigenvalue weighted by Gasteiger charge is -2.35. The van der Waals surface area contributed by atoms with Crippen molar-refractivity contribution in [1.29, 1.82) is 0 Å². The van der Waals surface area contributed by atoms with Crippen molar-refractivity contribution in [1.82, 2.24) is 9.29 Å². The van der Waals surface area contributed by atoms with E-state index in [4.69, 9.17) is 5.11 Å². The summed E-state index contributed by atoms with van der Waals surface area (Å²) in [6.07, 6.45) is -3.45. The van der Waals surface area contributed by atoms with Gasteiger partial charge < -0.3 is 5.11 Å². The van der Waals surface area contributed by atoms with Crippen molar-refractivity contribution in [3.05, 3.63) is 23.9 Å². The number of alkyl halides is 3. The van der Waals surface area contributed by atoms with Gasteiger partial charge in [-0.2, -0.15) is 17.5 Å². The summed E-state index contributed by atoms with van der Waals surface area (Å²) in [6.45, 7) is 1.40. The molecule has 1 aromatic rings. The second-order valence-corrected chi connectivity index (χ2v) is 7.26. The fourth-order valence-corrected chi connectivity index (χ4v) is 4.05. The molecule has 1 fully saturated rings. The number of carboxylic acids is 1. The molecular weight excluding hydrogens is 337 g/mol. The van der Waals surface area contributed by atoms with Crippen LogP contribution in [0.25, 0.3) is 0 Å². The van der Waals surface area contributed by atoms with Gasteiger partial charge >= 0.3 is 12.1 Å². The molecule has 23 heavy (non-hydrogen) atoms. The molecule has 0 amide bonds. The van der Waals surface area contributed by atoms with E-state index < -0.39 is 44.7 Å². The smallest absolute Gasteiger partial charge is 0.417 e. The Hall–Kier alpha value is -1.68. The maximum Gasteiger partial charge on any atom is 0.417 e. The average molecular weight is 352 g/mol. The monoisotopic (exact) mass is 352 g/mol. The number of piperidine rings is 1. The molecule has 0 spiro atoms. The van der Waals surface area contributed by atoms with Crippen LogP contribution in [0.2, 0.25) is 0 Å². The number of carboxylic acid groups (broad SMARTS) is 1. The molecule has 128 valence electrons. The van der Waals surface area contributed by atoms with Gasteiger partial charge in [-0.05, 0) is 31.9 Å². The van der Waals surface area contributed by atoms with Crippen LogP contribution in [0.4, 0.5) is 13.2 Å². The minimum absolute atomic E-state index is 0.221. The molecule has 0 aromatic carbocycles. The van der Waals surface area contributed by atoms with E-state index in [2.05, 4.69) is 4.98 Å². The van der Waals surface area contributed by atoms with Crippen LogP contribution in [0.1, 0.15) is 25.3 Å². The number of hydrogen-bond acceptors (Lipinski definition) is 4. The van der Waals surface area contributed by atoms with Crippen molar-refractivity contribution in [3.63, 3.8) is 0 Å². The van der Waals surface area contributed by atoms with Crippen molar-refractivity contribution in [2.24, 2.45) is 5.92 Å². The van der Waals surface area contributed by atoms with Crippen LogP contribution in [0.5, 0.6) is 0 Å². The van der Waals surface area contributed by atoms with Gasteiger partial charge in [0.2, 0.25) is 0 Å². The first-order valence-electron chi connectivity index (χ1n) is 6.81. The maximum atomic E-state index is 12.5. The SMILES string of the molecule is CC1CCC(C(=O)O)CN1S(=O)(=O)c1ccc(C(F)(F)F)cn1. The number of aromatic nitrogens is 1. The Bertz CT molecular complexity index is 688. The fourth-order valence-electron chi connectivity index (χ4n) is 2.43. The van der Waals surface area contributed by atoms with Crippen LogP contribution in [0, 0.1) is 5.92 Å². The highest BCUT2D eigenvalue weighted by molar-refractivity contribution is 7.89. The zero-order valence-corrected chi connectivity index (χ0v) is 12.9. The van der Waals surface area contributed by atoms with Crippen LogP contribution in [0.3, 0.4) is 0 Å². The minimum atomic E-state index is -4.61. The highest BCUT2D eigenvalue weighted by Gasteiger charge is 2.38. The highest BCUT2D eigenvalue weighted by atomic mass is 32.2. The first-order chi connectivity index (χ1) is 10.5. The topological polar surface area (TPSA) is 87.6 Å². The quantitative estimate of drug-likeness (QED) is 0.899. The Balaban J connectivity index is 2.31. The summed E-state index contributed by atoms with van der Waals surface area (Å²) in [5.41, 5.74) is -1.05. The summed E-state index contributed by atoms with van der Waals surface area (Å²) in [6, 6.07) is 0.984. The van der Waals surface area contributed by atoms with E-state index in [0.717, 1.165) is 10.4 Å². The number of rotatable bonds is 3. The summed E-state index contributed by atoms with van der Waals surface area (Å²) >= 11 is 0. The lowest BCUT2D eigenvalue weighted by Crippen LogP contribution is -2.47. The molecule has 1 aliphatic heterocycles. The van der Waals surface area contributed by atoms with E-state index in [9.17, 15) is 26.4 Å². The van der Waals surface area contributed by atoms with Gasteiger partial charge in [0.15, 0.2) is 5.03 Å². The van der Waals surface area contributed by atoms with E-state index in [-0.39, 0.29) is 6.54 Å². The van der Waals surface area contributed by atoms with Crippen molar-refractivity contribution in [2.45, 2.75) is 37.0 Å². The number of pyridine rings is 1. The Morgan fingerprint density at radius 2 is 2.00 bits per heavy atom. The van der Waals surface area contributed by atoms with Crippen LogP contribution < -0.4 is 0 Å². The fraction of sp³-hybridized carbons (Fsp3) is 0.538. The van der Waals surface area contributed by atoms with Crippen molar-refractivity contribution in [3.8, 4) is 0 Å². The molecule has 2 unspecified atom stereocenters. The van der Waals surface area contributed by atoms with Gasteiger partial charge in [-0.3, -0.25) is 4.79 Å². The molecule has 2 heterocycles. The summed E-state index contributed by atoms with van der Waals surface area (Å²) in [5.74, 6) is -1.94. The molecule has 1 N–H and O–H groups in total. The van der Waals surface area contributed by atoms with Crippen LogP contribution in [0.15, 0.2) is 23.4 Å². The second kappa shape index (κ2) is 6.08. The third-order valence-corrected chi connectivity index (χ3v) is 5.71. The van der Waals surface area contributed by atoms with Gasteiger partial charge in [0.25, 0.3) is 10.0 Å². The van der Waals surface area contributed by atoms with Gasteiger partial charge in [-0.1, -0.05) is 0 Å². The minimum Gasteiger partial charge on any atom is -0.481 e. The van der Waals surface area contributed by atoms with Crippen molar-refractivity contribution >= 4 is 16.0 Å². The summed E-state index contributed by atoms with van der Waals surface area (Å²) < 4.78 is 63.5. The second-order valence-electron chi connectivity index (χ2n) is 5.42. The lowest BCUT2D eigenvalue weighted by molar-refractivity contribution is -0.143. The maximum absolute atomic E-state index is 12.5. The van der Waals surface area contributed by atoms with Gasteiger partial charge in [-0.15, -0.1) is 0 Å². The zero-order chi connectivity index (χ0) is 17.4. The first-order valence-corrected chi connectivity index (χ1v) is 8.25. The standard InChI is InChI=1S/C13H15F3N2O4S/c1-8-2-3-9(12(19)20)7-18(8)23(21,22)11-5-4-10(6-17-11)13(14,15)16/h4-6,8-9H,2-3,7H2,1H3,(H,19,20). The van der Waals surface area contributed by atoms with Crippen molar-refractivity contribution in [2.75, 3.05) is 6.54 Å². The molecule has 0 bridgehead atoms. The Kier molecular flexibility index (Phi) is 4.67. The normalized spacial score (nSPS) is 23.7. The van der Waals surface area contributed by atoms with E-state index in [0.29, 0.717) is 25.1 Å². The Labute approximate surface area is 131 Å². The number of halogens is 3. The third kappa shape index (κ3) is 3.63. The first kappa shape index (κ1) is 17.7. The summed E-state index contributed by atoms with van der Waals surface area (Å²) in [5, 5.41) is 8.52. The molecular formula is C13H15F3N2O4S. The number of sulfonamides is 1. The van der Waals surface area contributed by atoms with Crippen LogP contribution in [-0.4, -0.2) is 41.4 Å². The van der Waals surface area contributed by atoms with Crippen molar-refractivity contribution < 1.29 is 31.5 Å². The number of nitrogens with zero attached hydrogens (tertiary/aromatic N) is 2. The molecule has 2 rings (SSSR count). The van der Waals surface area contributed by atoms with Gasteiger partial charge in [0.05, 0.1) is 11.5 Å². The molecule has 6 nitrogen and oxygen atoms in total. The predicted octanol–water partition coefficient (Wildman–Crippen LogP) is 1.97. The molecule has 0 aliphatic carbocycles. The number of carbonyl (C=O) groups is 1. The Morgan fingerprint density at radius 1 is 1.35 bits per heavy atom. The van der Waals surface area contributed by atoms with E-state index in [1.807, 2.05) is 0 Å². The summed E-state index contributed by atoms with van der Waals surface area (Å²) in [4.78, 5) is 14.5. The van der Waals surface area contributed by atoms with Gasteiger partial charge in [0.1, 0.15) is 0 Å². The number of aliphatic carboxylic acids is 1. The molecule has 0 radical (unpaired) electrons. The largest absolute Gasteiger partial charge is 0.481 e. The van der Waals surface area contributed by atoms with Crippen LogP contribution >= 0.6 is 0 Å². The van der Waals surface area contributed by atoms with Crippen LogP contribution in [-0.2, 0) is 21.0 Å². The molecule has 1 aromatic heterocycles. The summed E-state index contributed by atoms with van der Waals surface area (Å²) in [7, 11) is -4.15.